The molecule has 0 spiro atoms. The Kier molecular flexibility index (Phi) is 7.23. The van der Waals surface area contributed by atoms with Crippen molar-refractivity contribution in [3.05, 3.63) is 63.5 Å². The van der Waals surface area contributed by atoms with Gasteiger partial charge in [0.05, 0.1) is 25.3 Å². The second-order valence-corrected chi connectivity index (χ2v) is 8.84. The lowest BCUT2D eigenvalue weighted by Gasteiger charge is -2.27. The summed E-state index contributed by atoms with van der Waals surface area (Å²) in [6, 6.07) is 11.9. The monoisotopic (exact) mass is 462 g/mol. The minimum atomic E-state index is -0.414. The number of thiophene rings is 1. The Labute approximate surface area is 196 Å². The number of rotatable bonds is 7. The molecule has 170 valence electrons. The van der Waals surface area contributed by atoms with Crippen molar-refractivity contribution in [2.24, 2.45) is 0 Å². The van der Waals surface area contributed by atoms with Gasteiger partial charge in [0.15, 0.2) is 0 Å². The molecule has 3 aromatic rings. The zero-order chi connectivity index (χ0) is 23.2. The van der Waals surface area contributed by atoms with Gasteiger partial charge < -0.3 is 19.5 Å². The number of benzene rings is 1. The van der Waals surface area contributed by atoms with Gasteiger partial charge in [-0.25, -0.2) is 0 Å². The van der Waals surface area contributed by atoms with Crippen LogP contribution in [0.4, 0.5) is 0 Å². The molecule has 1 N–H and O–H groups in total. The first-order valence-corrected chi connectivity index (χ1v) is 11.9. The fourth-order valence-electron chi connectivity index (χ4n) is 4.03. The third kappa shape index (κ3) is 5.16. The van der Waals surface area contributed by atoms with Crippen LogP contribution in [0.15, 0.2) is 47.5 Å². The van der Waals surface area contributed by atoms with E-state index in [1.165, 1.54) is 0 Å². The Balaban J connectivity index is 1.64. The number of ether oxygens (including phenoxy) is 1. The zero-order valence-corrected chi connectivity index (χ0v) is 19.4. The lowest BCUT2D eigenvalue weighted by molar-refractivity contribution is -0.135. The third-order valence-electron chi connectivity index (χ3n) is 5.73. The molecule has 8 heteroatoms. The smallest absolute Gasteiger partial charge is 0.262 e. The number of nitrogens with one attached hydrogen (secondary N) is 1. The van der Waals surface area contributed by atoms with Gasteiger partial charge in [-0.05, 0) is 29.5 Å². The van der Waals surface area contributed by atoms with Crippen LogP contribution in [-0.4, -0.2) is 47.6 Å². The molecule has 33 heavy (non-hydrogen) atoms. The van der Waals surface area contributed by atoms with E-state index < -0.39 is 5.91 Å². The van der Waals surface area contributed by atoms with Crippen molar-refractivity contribution in [2.75, 3.05) is 26.3 Å². The molecule has 4 rings (SSSR count). The van der Waals surface area contributed by atoms with E-state index in [-0.39, 0.29) is 18.0 Å². The number of carbonyl (C=O) groups excluding carboxylic acids is 2. The highest BCUT2D eigenvalue weighted by molar-refractivity contribution is 7.09. The highest BCUT2D eigenvalue weighted by Gasteiger charge is 2.20. The molecule has 1 fully saturated rings. The topological polar surface area (TPSA) is 87.4 Å². The number of fused-ring (bicyclic) bond motifs is 1. The van der Waals surface area contributed by atoms with E-state index >= 15 is 0 Å². The minimum absolute atomic E-state index is 0.0332. The van der Waals surface area contributed by atoms with Gasteiger partial charge in [0.2, 0.25) is 5.91 Å². The van der Waals surface area contributed by atoms with Crippen molar-refractivity contribution >= 4 is 40.1 Å². The molecule has 2 amide bonds. The number of hydrogen-bond acceptors (Lipinski definition) is 5. The molecule has 0 unspecified atom stereocenters. The van der Waals surface area contributed by atoms with E-state index in [9.17, 15) is 14.9 Å². The minimum Gasteiger partial charge on any atom is -0.378 e. The molecule has 3 heterocycles. The van der Waals surface area contributed by atoms with Gasteiger partial charge in [-0.1, -0.05) is 31.2 Å². The first kappa shape index (κ1) is 22.8. The van der Waals surface area contributed by atoms with E-state index in [4.69, 9.17) is 4.74 Å². The second kappa shape index (κ2) is 10.5. The molecule has 0 atom stereocenters. The molecule has 1 aliphatic heterocycles. The fraction of sp³-hybridized carbons (Fsp3) is 0.320. The number of para-hydroxylation sites is 1. The molecular formula is C25H26N4O3S. The van der Waals surface area contributed by atoms with E-state index in [1.807, 2.05) is 57.4 Å². The van der Waals surface area contributed by atoms with Crippen LogP contribution in [0, 0.1) is 11.3 Å². The van der Waals surface area contributed by atoms with Crippen LogP contribution in [0.5, 0.6) is 0 Å². The molecule has 1 aliphatic rings. The van der Waals surface area contributed by atoms with Gasteiger partial charge >= 0.3 is 0 Å². The van der Waals surface area contributed by atoms with E-state index in [1.54, 1.807) is 17.4 Å². The molecule has 0 aliphatic carbocycles. The lowest BCUT2D eigenvalue weighted by Crippen LogP contribution is -2.42. The highest BCUT2D eigenvalue weighted by atomic mass is 32.1. The Morgan fingerprint density at radius 3 is 2.76 bits per heavy atom. The van der Waals surface area contributed by atoms with Crippen LogP contribution in [0.1, 0.15) is 22.9 Å². The Morgan fingerprint density at radius 1 is 1.24 bits per heavy atom. The molecule has 2 aromatic heterocycles. The van der Waals surface area contributed by atoms with E-state index in [2.05, 4.69) is 12.2 Å². The van der Waals surface area contributed by atoms with Crippen LogP contribution in [-0.2, 0) is 33.8 Å². The third-order valence-corrected chi connectivity index (χ3v) is 6.61. The maximum absolute atomic E-state index is 12.9. The van der Waals surface area contributed by atoms with Crippen molar-refractivity contribution in [1.82, 2.24) is 14.8 Å². The van der Waals surface area contributed by atoms with E-state index in [0.29, 0.717) is 32.8 Å². The Bertz CT molecular complexity index is 1210. The summed E-state index contributed by atoms with van der Waals surface area (Å²) in [5.74, 6) is -0.381. The second-order valence-electron chi connectivity index (χ2n) is 7.80. The number of amides is 2. The van der Waals surface area contributed by atoms with Crippen molar-refractivity contribution in [3.8, 4) is 6.07 Å². The number of morpholine rings is 1. The largest absolute Gasteiger partial charge is 0.378 e. The van der Waals surface area contributed by atoms with Gasteiger partial charge in [0, 0.05) is 35.1 Å². The van der Waals surface area contributed by atoms with Crippen molar-refractivity contribution in [3.63, 3.8) is 0 Å². The van der Waals surface area contributed by atoms with Crippen LogP contribution in [0.2, 0.25) is 0 Å². The maximum atomic E-state index is 12.9. The average molecular weight is 463 g/mol. The Hall–Kier alpha value is -3.41. The van der Waals surface area contributed by atoms with Gasteiger partial charge in [-0.3, -0.25) is 9.59 Å². The van der Waals surface area contributed by atoms with Crippen molar-refractivity contribution < 1.29 is 14.3 Å². The number of nitrogens with zero attached hydrogens (tertiary/aromatic N) is 3. The maximum Gasteiger partial charge on any atom is 0.262 e. The van der Waals surface area contributed by atoms with Gasteiger partial charge in [-0.2, -0.15) is 5.26 Å². The predicted octanol–water partition coefficient (Wildman–Crippen LogP) is 3.35. The standard InChI is InChI=1S/C25H26N4O3S/c1-2-18-5-3-7-22-20(13-19(14-26)25(31)27-15-21-6-4-12-33-21)16-29(24(18)22)17-23(30)28-8-10-32-11-9-28/h3-7,12-13,16H,2,8-11,15,17H2,1H3,(H,27,31)/b19-13+. The lowest BCUT2D eigenvalue weighted by atomic mass is 10.1. The van der Waals surface area contributed by atoms with Crippen molar-refractivity contribution in [1.29, 1.82) is 5.26 Å². The quantitative estimate of drug-likeness (QED) is 0.431. The SMILES string of the molecule is CCc1cccc2c(/C=C(\C#N)C(=O)NCc3cccs3)cn(CC(=O)N3CCOCC3)c12. The summed E-state index contributed by atoms with van der Waals surface area (Å²) >= 11 is 1.55. The van der Waals surface area contributed by atoms with Crippen LogP contribution in [0.3, 0.4) is 0 Å². The number of aryl methyl sites for hydroxylation is 1. The summed E-state index contributed by atoms with van der Waals surface area (Å²) in [5.41, 5.74) is 2.86. The summed E-state index contributed by atoms with van der Waals surface area (Å²) in [5, 5.41) is 15.3. The summed E-state index contributed by atoms with van der Waals surface area (Å²) < 4.78 is 7.30. The summed E-state index contributed by atoms with van der Waals surface area (Å²) in [7, 11) is 0. The van der Waals surface area contributed by atoms with Crippen LogP contribution >= 0.6 is 11.3 Å². The van der Waals surface area contributed by atoms with Gasteiger partial charge in [0.25, 0.3) is 5.91 Å². The zero-order valence-electron chi connectivity index (χ0n) is 18.5. The first-order chi connectivity index (χ1) is 16.1. The Morgan fingerprint density at radius 2 is 2.06 bits per heavy atom. The number of nitriles is 1. The van der Waals surface area contributed by atoms with Gasteiger partial charge in [0.1, 0.15) is 18.2 Å². The first-order valence-electron chi connectivity index (χ1n) is 11.0. The number of hydrogen-bond donors (Lipinski definition) is 1. The number of carbonyl (C=O) groups is 2. The summed E-state index contributed by atoms with van der Waals surface area (Å²) in [4.78, 5) is 28.4. The molecule has 0 radical (unpaired) electrons. The van der Waals surface area contributed by atoms with Crippen molar-refractivity contribution in [2.45, 2.75) is 26.4 Å². The molecule has 7 nitrogen and oxygen atoms in total. The molecule has 0 bridgehead atoms. The molecule has 1 aromatic carbocycles. The van der Waals surface area contributed by atoms with Crippen LogP contribution < -0.4 is 5.32 Å². The number of aromatic nitrogens is 1. The fourth-order valence-corrected chi connectivity index (χ4v) is 4.67. The molecule has 0 saturated carbocycles. The van der Waals surface area contributed by atoms with Gasteiger partial charge in [-0.15, -0.1) is 11.3 Å². The predicted molar refractivity (Wildman–Crippen MR) is 128 cm³/mol. The normalized spacial score (nSPS) is 14.3. The summed E-state index contributed by atoms with van der Waals surface area (Å²) in [6.07, 6.45) is 4.29. The van der Waals surface area contributed by atoms with Crippen LogP contribution in [0.25, 0.3) is 17.0 Å². The summed E-state index contributed by atoms with van der Waals surface area (Å²) in [6.45, 7) is 4.95. The molecular weight excluding hydrogens is 436 g/mol. The molecule has 1 saturated heterocycles. The van der Waals surface area contributed by atoms with E-state index in [0.717, 1.165) is 33.3 Å². The highest BCUT2D eigenvalue weighted by Crippen LogP contribution is 2.27. The average Bonchev–Trinajstić information content (AvgIpc) is 3.49.